The maximum absolute atomic E-state index is 4.40. The first-order valence-corrected chi connectivity index (χ1v) is 21.7. The molecule has 0 saturated heterocycles. The molecule has 0 spiro atoms. The fourth-order valence-electron chi connectivity index (χ4n) is 9.33. The van der Waals surface area contributed by atoms with Crippen molar-refractivity contribution in [1.82, 2.24) is 9.13 Å². The van der Waals surface area contributed by atoms with Gasteiger partial charge in [-0.2, -0.15) is 0 Å². The van der Waals surface area contributed by atoms with E-state index in [0.717, 1.165) is 28.2 Å². The molecule has 0 bridgehead atoms. The summed E-state index contributed by atoms with van der Waals surface area (Å²) in [4.78, 5) is 0. The Bertz CT molecular complexity index is 3700. The predicted molar refractivity (Wildman–Crippen MR) is 258 cm³/mol. The molecule has 0 radical (unpaired) electrons. The van der Waals surface area contributed by atoms with Crippen LogP contribution in [0.5, 0.6) is 0 Å². The van der Waals surface area contributed by atoms with Gasteiger partial charge in [0.15, 0.2) is 0 Å². The maximum atomic E-state index is 4.40. The van der Waals surface area contributed by atoms with Crippen LogP contribution in [0.25, 0.3) is 107 Å². The van der Waals surface area contributed by atoms with Crippen molar-refractivity contribution < 1.29 is 0 Å². The molecule has 278 valence electrons. The van der Waals surface area contributed by atoms with Crippen molar-refractivity contribution >= 4 is 107 Å². The monoisotopic (exact) mass is 788 g/mol. The Morgan fingerprint density at radius 1 is 0.475 bits per heavy atom. The van der Waals surface area contributed by atoms with Crippen molar-refractivity contribution in [3.63, 3.8) is 0 Å². The second-order valence-electron chi connectivity index (χ2n) is 15.4. The van der Waals surface area contributed by atoms with E-state index < -0.39 is 0 Å². The van der Waals surface area contributed by atoms with Crippen LogP contribution in [0.2, 0.25) is 0 Å². The molecule has 4 aromatic heterocycles. The van der Waals surface area contributed by atoms with Gasteiger partial charge in [0.25, 0.3) is 0 Å². The third-order valence-electron chi connectivity index (χ3n) is 12.1. The van der Waals surface area contributed by atoms with Gasteiger partial charge < -0.3 is 9.13 Å². The summed E-state index contributed by atoms with van der Waals surface area (Å²) in [6.45, 7) is 6.67. The Morgan fingerprint density at radius 2 is 1.10 bits per heavy atom. The second-order valence-corrected chi connectivity index (χ2v) is 17.5. The molecular weight excluding hydrogens is 753 g/mol. The highest BCUT2D eigenvalue weighted by atomic mass is 32.1. The number of nitrogens with zero attached hydrogens (tertiary/aromatic N) is 2. The van der Waals surface area contributed by atoms with Gasteiger partial charge in [-0.15, -0.1) is 22.7 Å². The van der Waals surface area contributed by atoms with E-state index in [9.17, 15) is 0 Å². The molecule has 0 atom stereocenters. The summed E-state index contributed by atoms with van der Waals surface area (Å²) in [7, 11) is 0. The average Bonchev–Trinajstić information content (AvgIpc) is 4.03. The quantitative estimate of drug-likeness (QED) is 0.149. The van der Waals surface area contributed by atoms with E-state index in [0.29, 0.717) is 0 Å². The van der Waals surface area contributed by atoms with Crippen molar-refractivity contribution in [2.75, 3.05) is 0 Å². The lowest BCUT2D eigenvalue weighted by Gasteiger charge is -2.15. The fourth-order valence-corrected chi connectivity index (χ4v) is 11.6. The highest BCUT2D eigenvalue weighted by Crippen LogP contribution is 2.45. The summed E-state index contributed by atoms with van der Waals surface area (Å²) in [5.74, 6) is 0. The standard InChI is InChI=1S/C55H36N2S2/c1-3-35(36-25-27-42-41-18-8-12-22-49(41)56(51(42)31-36)38-15-5-4-6-16-38)30-50-34(2)40-17-7-11-21-48(40)57(50)39-32-45(55-47(33-39)44-20-10-14-24-53(44)59-55)37-26-28-54-46(29-37)43-19-9-13-23-52(43)58-54/h3-33H,1H2,2H3/b35-30+. The Labute approximate surface area is 349 Å². The summed E-state index contributed by atoms with van der Waals surface area (Å²) >= 11 is 3.76. The zero-order valence-electron chi connectivity index (χ0n) is 32.3. The van der Waals surface area contributed by atoms with Gasteiger partial charge in [-0.05, 0) is 102 Å². The topological polar surface area (TPSA) is 9.86 Å². The van der Waals surface area contributed by atoms with Gasteiger partial charge >= 0.3 is 0 Å². The van der Waals surface area contributed by atoms with Crippen LogP contribution in [0.3, 0.4) is 0 Å². The smallest absolute Gasteiger partial charge is 0.0547 e. The molecule has 12 rings (SSSR count). The van der Waals surface area contributed by atoms with Crippen molar-refractivity contribution in [1.29, 1.82) is 0 Å². The Kier molecular flexibility index (Phi) is 7.68. The minimum atomic E-state index is 1.07. The maximum Gasteiger partial charge on any atom is 0.0547 e. The first kappa shape index (κ1) is 34.1. The summed E-state index contributed by atoms with van der Waals surface area (Å²) in [5, 5.41) is 8.92. The third-order valence-corrected chi connectivity index (χ3v) is 14.5. The molecule has 0 unspecified atom stereocenters. The van der Waals surface area contributed by atoms with Gasteiger partial charge in [0, 0.05) is 73.4 Å². The van der Waals surface area contributed by atoms with Crippen molar-refractivity contribution in [3.05, 3.63) is 205 Å². The molecular formula is C55H36N2S2. The predicted octanol–water partition coefficient (Wildman–Crippen LogP) is 16.2. The lowest BCUT2D eigenvalue weighted by Crippen LogP contribution is -1.99. The number of para-hydroxylation sites is 3. The van der Waals surface area contributed by atoms with Crippen LogP contribution >= 0.6 is 22.7 Å². The Morgan fingerprint density at radius 3 is 1.88 bits per heavy atom. The molecule has 0 amide bonds. The van der Waals surface area contributed by atoms with Gasteiger partial charge in [-0.1, -0.05) is 122 Å². The lowest BCUT2D eigenvalue weighted by atomic mass is 9.99. The van der Waals surface area contributed by atoms with Crippen LogP contribution in [-0.4, -0.2) is 9.13 Å². The number of rotatable bonds is 6. The largest absolute Gasteiger partial charge is 0.310 e. The van der Waals surface area contributed by atoms with Crippen LogP contribution in [0.4, 0.5) is 0 Å². The third kappa shape index (κ3) is 5.24. The van der Waals surface area contributed by atoms with Crippen molar-refractivity contribution in [3.8, 4) is 22.5 Å². The molecule has 4 heteroatoms. The van der Waals surface area contributed by atoms with E-state index in [1.165, 1.54) is 89.7 Å². The van der Waals surface area contributed by atoms with E-state index >= 15 is 0 Å². The minimum absolute atomic E-state index is 1.07. The number of benzene rings is 8. The number of allylic oxidation sites excluding steroid dienone is 2. The molecule has 0 aliphatic heterocycles. The van der Waals surface area contributed by atoms with E-state index in [2.05, 4.69) is 205 Å². The molecule has 0 saturated carbocycles. The van der Waals surface area contributed by atoms with Crippen molar-refractivity contribution in [2.45, 2.75) is 6.92 Å². The number of thiophene rings is 2. The summed E-state index contributed by atoms with van der Waals surface area (Å²) in [5.41, 5.74) is 12.9. The van der Waals surface area contributed by atoms with Crippen LogP contribution < -0.4 is 0 Å². The van der Waals surface area contributed by atoms with Gasteiger partial charge in [0.1, 0.15) is 0 Å². The van der Waals surface area contributed by atoms with E-state index in [-0.39, 0.29) is 0 Å². The minimum Gasteiger partial charge on any atom is -0.310 e. The first-order chi connectivity index (χ1) is 29.1. The normalized spacial score (nSPS) is 12.3. The number of fused-ring (bicyclic) bond motifs is 10. The first-order valence-electron chi connectivity index (χ1n) is 20.0. The highest BCUT2D eigenvalue weighted by molar-refractivity contribution is 7.26. The van der Waals surface area contributed by atoms with Gasteiger partial charge in [0.2, 0.25) is 0 Å². The Balaban J connectivity index is 1.11. The van der Waals surface area contributed by atoms with E-state index in [4.69, 9.17) is 0 Å². The zero-order valence-corrected chi connectivity index (χ0v) is 33.9. The average molecular weight is 789 g/mol. The molecule has 59 heavy (non-hydrogen) atoms. The molecule has 0 N–H and O–H groups in total. The molecule has 12 aromatic rings. The van der Waals surface area contributed by atoms with Crippen LogP contribution in [0.1, 0.15) is 16.8 Å². The molecule has 8 aromatic carbocycles. The van der Waals surface area contributed by atoms with E-state index in [1.807, 2.05) is 28.7 Å². The Hall–Kier alpha value is -6.98. The van der Waals surface area contributed by atoms with Crippen LogP contribution in [0.15, 0.2) is 189 Å². The van der Waals surface area contributed by atoms with Gasteiger partial charge in [-0.3, -0.25) is 0 Å². The molecule has 4 heterocycles. The summed E-state index contributed by atoms with van der Waals surface area (Å²) in [6, 6.07) is 64.6. The summed E-state index contributed by atoms with van der Waals surface area (Å²) < 4.78 is 10.1. The van der Waals surface area contributed by atoms with Crippen LogP contribution in [0, 0.1) is 6.92 Å². The SMILES string of the molecule is C=C/C(=C\c1c(C)c2ccccc2n1-c1cc(-c2ccc3sc4ccccc4c3c2)c2sc3ccccc3c2c1)c1ccc2c3ccccc3n(-c3ccccc3)c2c1. The fraction of sp³-hybridized carbons (Fsp3) is 0.0182. The molecule has 2 nitrogen and oxygen atoms in total. The lowest BCUT2D eigenvalue weighted by molar-refractivity contribution is 1.10. The van der Waals surface area contributed by atoms with Gasteiger partial charge in [-0.25, -0.2) is 0 Å². The van der Waals surface area contributed by atoms with Crippen molar-refractivity contribution in [2.24, 2.45) is 0 Å². The number of hydrogen-bond donors (Lipinski definition) is 0. The number of aromatic nitrogens is 2. The molecule has 0 aliphatic rings. The summed E-state index contributed by atoms with van der Waals surface area (Å²) in [6.07, 6.45) is 4.36. The van der Waals surface area contributed by atoms with Gasteiger partial charge in [0.05, 0.1) is 22.2 Å². The molecule has 0 aliphatic carbocycles. The highest BCUT2D eigenvalue weighted by Gasteiger charge is 2.20. The second kappa shape index (κ2) is 13.3. The number of aryl methyl sites for hydroxylation is 1. The van der Waals surface area contributed by atoms with Crippen LogP contribution in [-0.2, 0) is 0 Å². The van der Waals surface area contributed by atoms with E-state index in [1.54, 1.807) is 0 Å². The number of hydrogen-bond acceptors (Lipinski definition) is 2. The molecule has 0 fully saturated rings. The zero-order chi connectivity index (χ0) is 39.2.